The number of likely N-dealkylation sites (N-methyl/N-ethyl adjacent to an activating group) is 1. The Kier molecular flexibility index (Phi) is 4.84. The van der Waals surface area contributed by atoms with Crippen molar-refractivity contribution >= 4 is 27.7 Å². The molecule has 1 aromatic heterocycles. The lowest BCUT2D eigenvalue weighted by Crippen LogP contribution is -2.40. The van der Waals surface area contributed by atoms with Crippen LogP contribution in [0.25, 0.3) is 21.8 Å². The largest absolute Gasteiger partial charge is 0.358 e. The fraction of sp³-hybridized carbons (Fsp3) is 0.333. The van der Waals surface area contributed by atoms with Gasteiger partial charge in [0.1, 0.15) is 6.54 Å². The van der Waals surface area contributed by atoms with Gasteiger partial charge in [-0.2, -0.15) is 0 Å². The molecule has 1 fully saturated rings. The number of carbonyl (C=O) groups is 1. The van der Waals surface area contributed by atoms with Gasteiger partial charge in [-0.05, 0) is 53.3 Å². The van der Waals surface area contributed by atoms with Crippen LogP contribution in [-0.2, 0) is 17.8 Å². The Bertz CT molecular complexity index is 1420. The number of imidazole rings is 1. The van der Waals surface area contributed by atoms with Crippen molar-refractivity contribution in [3.63, 3.8) is 0 Å². The van der Waals surface area contributed by atoms with Crippen molar-refractivity contribution in [2.24, 2.45) is 0 Å². The highest BCUT2D eigenvalue weighted by Gasteiger charge is 2.33. The maximum atomic E-state index is 13.4. The van der Waals surface area contributed by atoms with Gasteiger partial charge >= 0.3 is 5.69 Å². The van der Waals surface area contributed by atoms with E-state index >= 15 is 0 Å². The van der Waals surface area contributed by atoms with Gasteiger partial charge < -0.3 is 5.32 Å². The molecular formula is C27H28N4O2. The monoisotopic (exact) mass is 440 g/mol. The molecule has 1 saturated heterocycles. The summed E-state index contributed by atoms with van der Waals surface area (Å²) in [6.07, 6.45) is 2.92. The molecule has 0 radical (unpaired) electrons. The molecular weight excluding hydrogens is 412 g/mol. The zero-order valence-corrected chi connectivity index (χ0v) is 18.8. The molecule has 1 amide bonds. The number of nitrogens with one attached hydrogen (secondary N) is 1. The molecule has 0 spiro atoms. The summed E-state index contributed by atoms with van der Waals surface area (Å²) in [4.78, 5) is 28.0. The molecule has 1 aliphatic heterocycles. The smallest absolute Gasteiger partial charge is 0.329 e. The van der Waals surface area contributed by atoms with Crippen molar-refractivity contribution in [1.82, 2.24) is 19.4 Å². The molecule has 4 aromatic rings. The Balaban J connectivity index is 1.27. The lowest BCUT2D eigenvalue weighted by Gasteiger charge is -2.36. The molecule has 6 nitrogen and oxygen atoms in total. The highest BCUT2D eigenvalue weighted by molar-refractivity contribution is 5.91. The van der Waals surface area contributed by atoms with Gasteiger partial charge in [-0.15, -0.1) is 0 Å². The van der Waals surface area contributed by atoms with E-state index in [2.05, 4.69) is 46.6 Å². The zero-order chi connectivity index (χ0) is 22.5. The van der Waals surface area contributed by atoms with Crippen LogP contribution in [0.3, 0.4) is 0 Å². The SMILES string of the molecule is CNC(=O)Cn1c(=O)n(C2CCN(C3Cc4cccc5cccc3c45)CC2)c2ccccc21. The standard InChI is InChI=1S/C27H28N4O2/c1-28-25(32)17-30-22-10-2-3-11-23(22)31(27(30)33)20-12-14-29(15-13-20)24-16-19-8-4-6-18-7-5-9-21(24)26(18)19/h2-11,20,24H,12-17H2,1H3,(H,28,32). The van der Waals surface area contributed by atoms with Crippen molar-refractivity contribution in [2.75, 3.05) is 20.1 Å². The number of para-hydroxylation sites is 2. The minimum absolute atomic E-state index is 0.0476. The Hall–Kier alpha value is -3.38. The van der Waals surface area contributed by atoms with Crippen molar-refractivity contribution < 1.29 is 4.79 Å². The molecule has 0 bridgehead atoms. The highest BCUT2D eigenvalue weighted by Crippen LogP contribution is 2.41. The van der Waals surface area contributed by atoms with Crippen LogP contribution >= 0.6 is 0 Å². The summed E-state index contributed by atoms with van der Waals surface area (Å²) in [6, 6.07) is 21.7. The minimum Gasteiger partial charge on any atom is -0.358 e. The highest BCUT2D eigenvalue weighted by atomic mass is 16.2. The number of benzene rings is 3. The first-order valence-electron chi connectivity index (χ1n) is 11.8. The summed E-state index contributed by atoms with van der Waals surface area (Å²) in [6.45, 7) is 1.97. The predicted molar refractivity (Wildman–Crippen MR) is 131 cm³/mol. The Morgan fingerprint density at radius 1 is 0.970 bits per heavy atom. The molecule has 2 aliphatic rings. The third-order valence-corrected chi connectivity index (χ3v) is 7.55. The van der Waals surface area contributed by atoms with E-state index in [9.17, 15) is 9.59 Å². The summed E-state index contributed by atoms with van der Waals surface area (Å²) in [7, 11) is 1.60. The van der Waals surface area contributed by atoms with Gasteiger partial charge in [-0.1, -0.05) is 48.5 Å². The molecule has 1 unspecified atom stereocenters. The summed E-state index contributed by atoms with van der Waals surface area (Å²) >= 11 is 0. The summed E-state index contributed by atoms with van der Waals surface area (Å²) < 4.78 is 3.54. The van der Waals surface area contributed by atoms with E-state index in [0.717, 1.165) is 43.4 Å². The molecule has 6 heteroatoms. The average molecular weight is 441 g/mol. The van der Waals surface area contributed by atoms with Gasteiger partial charge in [0.2, 0.25) is 5.91 Å². The van der Waals surface area contributed by atoms with Crippen LogP contribution in [0.5, 0.6) is 0 Å². The number of nitrogens with zero attached hydrogens (tertiary/aromatic N) is 3. The fourth-order valence-corrected chi connectivity index (χ4v) is 5.96. The summed E-state index contributed by atoms with van der Waals surface area (Å²) in [5.41, 5.74) is 4.55. The van der Waals surface area contributed by atoms with Gasteiger partial charge in [-0.25, -0.2) is 4.79 Å². The molecule has 1 aliphatic carbocycles. The number of rotatable bonds is 4. The second-order valence-corrected chi connectivity index (χ2v) is 9.25. The van der Waals surface area contributed by atoms with Gasteiger partial charge in [0.05, 0.1) is 11.0 Å². The Morgan fingerprint density at radius 3 is 2.45 bits per heavy atom. The van der Waals surface area contributed by atoms with Crippen molar-refractivity contribution in [3.8, 4) is 0 Å². The van der Waals surface area contributed by atoms with Crippen LogP contribution in [0.15, 0.2) is 65.5 Å². The van der Waals surface area contributed by atoms with E-state index in [0.29, 0.717) is 6.04 Å². The van der Waals surface area contributed by atoms with E-state index in [1.54, 1.807) is 11.6 Å². The summed E-state index contributed by atoms with van der Waals surface area (Å²) in [5.74, 6) is -0.162. The normalized spacial score (nSPS) is 18.9. The van der Waals surface area contributed by atoms with Crippen LogP contribution in [0.1, 0.15) is 36.1 Å². The molecule has 1 atom stereocenters. The van der Waals surface area contributed by atoms with Crippen LogP contribution in [0.4, 0.5) is 0 Å². The molecule has 3 aromatic carbocycles. The van der Waals surface area contributed by atoms with E-state index in [4.69, 9.17) is 0 Å². The lowest BCUT2D eigenvalue weighted by atomic mass is 9.99. The number of likely N-dealkylation sites (tertiary alicyclic amines) is 1. The third-order valence-electron chi connectivity index (χ3n) is 7.55. The lowest BCUT2D eigenvalue weighted by molar-refractivity contribution is -0.121. The quantitative estimate of drug-likeness (QED) is 0.527. The molecule has 6 rings (SSSR count). The predicted octanol–water partition coefficient (Wildman–Crippen LogP) is 3.64. The second-order valence-electron chi connectivity index (χ2n) is 9.25. The second kappa shape index (κ2) is 7.89. The zero-order valence-electron chi connectivity index (χ0n) is 18.8. The molecule has 168 valence electrons. The van der Waals surface area contributed by atoms with Crippen LogP contribution in [0.2, 0.25) is 0 Å². The first kappa shape index (κ1) is 20.2. The van der Waals surface area contributed by atoms with Gasteiger partial charge in [0.25, 0.3) is 0 Å². The summed E-state index contributed by atoms with van der Waals surface area (Å²) in [5, 5.41) is 5.39. The fourth-order valence-electron chi connectivity index (χ4n) is 5.96. The number of amides is 1. The van der Waals surface area contributed by atoms with Crippen molar-refractivity contribution in [1.29, 1.82) is 0 Å². The first-order valence-corrected chi connectivity index (χ1v) is 11.8. The number of fused-ring (bicyclic) bond motifs is 1. The van der Waals surface area contributed by atoms with E-state index in [1.807, 2.05) is 28.8 Å². The molecule has 33 heavy (non-hydrogen) atoms. The maximum absolute atomic E-state index is 13.4. The number of hydrogen-bond acceptors (Lipinski definition) is 3. The minimum atomic E-state index is -0.162. The van der Waals surface area contributed by atoms with Crippen LogP contribution in [-0.4, -0.2) is 40.1 Å². The maximum Gasteiger partial charge on any atom is 0.329 e. The van der Waals surface area contributed by atoms with Crippen molar-refractivity contribution in [3.05, 3.63) is 82.3 Å². The van der Waals surface area contributed by atoms with Crippen molar-refractivity contribution in [2.45, 2.75) is 37.9 Å². The average Bonchev–Trinajstić information content (AvgIpc) is 3.36. The van der Waals surface area contributed by atoms with Gasteiger partial charge in [0.15, 0.2) is 0 Å². The van der Waals surface area contributed by atoms with E-state index < -0.39 is 0 Å². The van der Waals surface area contributed by atoms with E-state index in [1.165, 1.54) is 21.9 Å². The first-order chi connectivity index (χ1) is 16.2. The Morgan fingerprint density at radius 2 is 1.70 bits per heavy atom. The number of piperidine rings is 1. The molecule has 1 N–H and O–H groups in total. The Labute approximate surface area is 192 Å². The number of aromatic nitrogens is 2. The van der Waals surface area contributed by atoms with Crippen LogP contribution < -0.4 is 11.0 Å². The third kappa shape index (κ3) is 3.20. The van der Waals surface area contributed by atoms with E-state index in [-0.39, 0.29) is 24.2 Å². The topological polar surface area (TPSA) is 59.3 Å². The number of hydrogen-bond donors (Lipinski definition) is 1. The van der Waals surface area contributed by atoms with Crippen LogP contribution in [0, 0.1) is 0 Å². The number of carbonyl (C=O) groups excluding carboxylic acids is 1. The molecule has 0 saturated carbocycles. The van der Waals surface area contributed by atoms with Gasteiger partial charge in [0, 0.05) is 32.2 Å². The molecule has 2 heterocycles. The van der Waals surface area contributed by atoms with Gasteiger partial charge in [-0.3, -0.25) is 18.8 Å².